The summed E-state index contributed by atoms with van der Waals surface area (Å²) in [6.45, 7) is -0.466. The molecule has 0 aliphatic heterocycles. The molecule has 0 saturated carbocycles. The van der Waals surface area contributed by atoms with Crippen molar-refractivity contribution < 1.29 is 38.1 Å². The molecule has 0 fully saturated rings. The van der Waals surface area contributed by atoms with E-state index in [0.717, 1.165) is 5.56 Å². The molecule has 8 nitrogen and oxygen atoms in total. The summed E-state index contributed by atoms with van der Waals surface area (Å²) in [5, 5.41) is 0. The molecule has 0 aliphatic carbocycles. The van der Waals surface area contributed by atoms with Crippen molar-refractivity contribution in [3.05, 3.63) is 144 Å². The predicted molar refractivity (Wildman–Crippen MR) is 157 cm³/mol. The average Bonchev–Trinajstić information content (AvgIpc) is 3.06. The van der Waals surface area contributed by atoms with E-state index in [1.54, 1.807) is 97.1 Å². The highest BCUT2D eigenvalue weighted by atomic mass is 16.6. The Kier molecular flexibility index (Phi) is 11.6. The third kappa shape index (κ3) is 9.97. The smallest absolute Gasteiger partial charge is 0.321 e. The Morgan fingerprint density at radius 2 is 0.721 bits per heavy atom. The summed E-state index contributed by atoms with van der Waals surface area (Å²) in [6, 6.07) is 35.7. The molecule has 0 bridgehead atoms. The average molecular weight is 581 g/mol. The van der Waals surface area contributed by atoms with E-state index in [1.165, 1.54) is 0 Å². The van der Waals surface area contributed by atoms with Gasteiger partial charge in [-0.2, -0.15) is 0 Å². The van der Waals surface area contributed by atoms with E-state index >= 15 is 0 Å². The van der Waals surface area contributed by atoms with Gasteiger partial charge in [0.1, 0.15) is 26.4 Å². The molecule has 4 aromatic carbocycles. The summed E-state index contributed by atoms with van der Waals surface area (Å²) in [7, 11) is 0. The SMILES string of the molecule is O=C(CC(C(=O)OCc1ccccc1)C(C(=O)OCc1ccccc1)C(=O)OCc1ccccc1)OCc1ccccc1. The molecule has 8 heteroatoms. The van der Waals surface area contributed by atoms with Crippen LogP contribution in [0.2, 0.25) is 0 Å². The van der Waals surface area contributed by atoms with E-state index in [2.05, 4.69) is 0 Å². The Labute approximate surface area is 250 Å². The van der Waals surface area contributed by atoms with Crippen LogP contribution in [0.1, 0.15) is 28.7 Å². The maximum absolute atomic E-state index is 13.5. The van der Waals surface area contributed by atoms with Gasteiger partial charge in [-0.05, 0) is 22.3 Å². The van der Waals surface area contributed by atoms with Crippen LogP contribution in [0, 0.1) is 11.8 Å². The summed E-state index contributed by atoms with van der Waals surface area (Å²) < 4.78 is 21.8. The Morgan fingerprint density at radius 3 is 1.07 bits per heavy atom. The second-order valence-corrected chi connectivity index (χ2v) is 9.71. The van der Waals surface area contributed by atoms with E-state index in [0.29, 0.717) is 16.7 Å². The van der Waals surface area contributed by atoms with Crippen LogP contribution < -0.4 is 0 Å². The third-order valence-electron chi connectivity index (χ3n) is 6.51. The number of benzene rings is 4. The van der Waals surface area contributed by atoms with Crippen LogP contribution in [-0.2, 0) is 64.6 Å². The number of carbonyl (C=O) groups excluding carboxylic acids is 4. The van der Waals surface area contributed by atoms with Crippen molar-refractivity contribution in [2.45, 2.75) is 32.8 Å². The van der Waals surface area contributed by atoms with Crippen molar-refractivity contribution in [2.75, 3.05) is 0 Å². The largest absolute Gasteiger partial charge is 0.461 e. The summed E-state index contributed by atoms with van der Waals surface area (Å²) in [4.78, 5) is 53.4. The molecule has 4 aromatic rings. The van der Waals surface area contributed by atoms with Gasteiger partial charge in [-0.1, -0.05) is 121 Å². The molecule has 0 amide bonds. The quantitative estimate of drug-likeness (QED) is 0.108. The highest BCUT2D eigenvalue weighted by Gasteiger charge is 2.44. The van der Waals surface area contributed by atoms with E-state index in [-0.39, 0.29) is 26.4 Å². The first-order chi connectivity index (χ1) is 21.0. The molecule has 220 valence electrons. The second kappa shape index (κ2) is 16.3. The van der Waals surface area contributed by atoms with Crippen LogP contribution in [-0.4, -0.2) is 23.9 Å². The number of esters is 4. The van der Waals surface area contributed by atoms with E-state index in [4.69, 9.17) is 18.9 Å². The predicted octanol–water partition coefficient (Wildman–Crippen LogP) is 5.58. The summed E-state index contributed by atoms with van der Waals surface area (Å²) in [5.41, 5.74) is 2.78. The fourth-order valence-electron chi connectivity index (χ4n) is 4.21. The molecule has 0 heterocycles. The lowest BCUT2D eigenvalue weighted by molar-refractivity contribution is -0.175. The molecule has 0 radical (unpaired) electrons. The van der Waals surface area contributed by atoms with Gasteiger partial charge in [0.15, 0.2) is 5.92 Å². The van der Waals surface area contributed by atoms with Crippen LogP contribution in [0.15, 0.2) is 121 Å². The van der Waals surface area contributed by atoms with Crippen LogP contribution >= 0.6 is 0 Å². The van der Waals surface area contributed by atoms with Gasteiger partial charge >= 0.3 is 23.9 Å². The molecular weight excluding hydrogens is 548 g/mol. The lowest BCUT2D eigenvalue weighted by atomic mass is 9.89. The van der Waals surface area contributed by atoms with E-state index < -0.39 is 42.1 Å². The van der Waals surface area contributed by atoms with Crippen molar-refractivity contribution >= 4 is 23.9 Å². The van der Waals surface area contributed by atoms with Crippen molar-refractivity contribution in [1.82, 2.24) is 0 Å². The monoisotopic (exact) mass is 580 g/mol. The normalized spacial score (nSPS) is 11.3. The van der Waals surface area contributed by atoms with Gasteiger partial charge < -0.3 is 18.9 Å². The topological polar surface area (TPSA) is 105 Å². The summed E-state index contributed by atoms with van der Waals surface area (Å²) >= 11 is 0. The van der Waals surface area contributed by atoms with Crippen molar-refractivity contribution in [1.29, 1.82) is 0 Å². The zero-order valence-electron chi connectivity index (χ0n) is 23.5. The zero-order chi connectivity index (χ0) is 30.3. The van der Waals surface area contributed by atoms with E-state index in [1.807, 2.05) is 24.3 Å². The van der Waals surface area contributed by atoms with E-state index in [9.17, 15) is 19.2 Å². The maximum atomic E-state index is 13.5. The minimum atomic E-state index is -1.78. The highest BCUT2D eigenvalue weighted by molar-refractivity contribution is 6.00. The van der Waals surface area contributed by atoms with Crippen LogP contribution in [0.3, 0.4) is 0 Å². The molecular formula is C35H32O8. The van der Waals surface area contributed by atoms with Crippen molar-refractivity contribution in [3.8, 4) is 0 Å². The van der Waals surface area contributed by atoms with Gasteiger partial charge in [-0.25, -0.2) is 0 Å². The number of hydrogen-bond donors (Lipinski definition) is 0. The zero-order valence-corrected chi connectivity index (χ0v) is 23.5. The molecule has 0 aliphatic rings. The van der Waals surface area contributed by atoms with Gasteiger partial charge in [-0.3, -0.25) is 19.2 Å². The molecule has 4 rings (SSSR count). The molecule has 1 atom stereocenters. The number of ether oxygens (including phenoxy) is 4. The second-order valence-electron chi connectivity index (χ2n) is 9.71. The number of carbonyl (C=O) groups is 4. The highest BCUT2D eigenvalue weighted by Crippen LogP contribution is 2.25. The third-order valence-corrected chi connectivity index (χ3v) is 6.51. The van der Waals surface area contributed by atoms with Gasteiger partial charge in [0.25, 0.3) is 0 Å². The lowest BCUT2D eigenvalue weighted by Crippen LogP contribution is -2.40. The first-order valence-electron chi connectivity index (χ1n) is 13.8. The molecule has 43 heavy (non-hydrogen) atoms. The molecule has 0 saturated heterocycles. The Morgan fingerprint density at radius 1 is 0.419 bits per heavy atom. The molecule has 0 aromatic heterocycles. The lowest BCUT2D eigenvalue weighted by Gasteiger charge is -2.23. The van der Waals surface area contributed by atoms with Crippen LogP contribution in [0.4, 0.5) is 0 Å². The van der Waals surface area contributed by atoms with Gasteiger partial charge in [0, 0.05) is 0 Å². The minimum absolute atomic E-state index is 0.0486. The Hall–Kier alpha value is -5.24. The molecule has 1 unspecified atom stereocenters. The number of rotatable bonds is 14. The van der Waals surface area contributed by atoms with Gasteiger partial charge in [0.05, 0.1) is 12.3 Å². The summed E-state index contributed by atoms with van der Waals surface area (Å²) in [6.07, 6.45) is -0.605. The van der Waals surface area contributed by atoms with Crippen molar-refractivity contribution in [2.24, 2.45) is 11.8 Å². The van der Waals surface area contributed by atoms with Gasteiger partial charge in [0.2, 0.25) is 0 Å². The van der Waals surface area contributed by atoms with Gasteiger partial charge in [-0.15, -0.1) is 0 Å². The maximum Gasteiger partial charge on any atom is 0.321 e. The van der Waals surface area contributed by atoms with Crippen LogP contribution in [0.25, 0.3) is 0 Å². The Bertz CT molecular complexity index is 1400. The van der Waals surface area contributed by atoms with Crippen molar-refractivity contribution in [3.63, 3.8) is 0 Å². The number of hydrogen-bond acceptors (Lipinski definition) is 8. The fraction of sp³-hybridized carbons (Fsp3) is 0.200. The minimum Gasteiger partial charge on any atom is -0.461 e. The van der Waals surface area contributed by atoms with Crippen LogP contribution in [0.5, 0.6) is 0 Å². The summed E-state index contributed by atoms with van der Waals surface area (Å²) in [5.74, 6) is -7.08. The fourth-order valence-corrected chi connectivity index (χ4v) is 4.21. The standard InChI is InChI=1S/C35H32O8/c36-31(40-22-26-13-5-1-6-14-26)21-30(33(37)41-23-27-15-7-2-8-16-27)32(34(38)42-24-28-17-9-3-10-18-28)35(39)43-25-29-19-11-4-12-20-29/h1-20,30,32H,21-25H2. The first-order valence-corrected chi connectivity index (χ1v) is 13.8. The Balaban J connectivity index is 1.56. The molecule has 0 spiro atoms. The molecule has 0 N–H and O–H groups in total. The first kappa shape index (κ1) is 30.7.